The van der Waals surface area contributed by atoms with E-state index in [9.17, 15) is 9.59 Å². The van der Waals surface area contributed by atoms with Crippen molar-refractivity contribution < 1.29 is 30.0 Å². The SMILES string of the molecule is CC(O)CO.O=C(O)CCS.O=C(O)CCS. The Labute approximate surface area is 111 Å². The summed E-state index contributed by atoms with van der Waals surface area (Å²) >= 11 is 7.36. The molecule has 0 spiro atoms. The minimum Gasteiger partial charge on any atom is -0.481 e. The van der Waals surface area contributed by atoms with Crippen LogP contribution in [-0.4, -0.2) is 56.6 Å². The van der Waals surface area contributed by atoms with Gasteiger partial charge in [-0.2, -0.15) is 25.3 Å². The number of hydrogen-bond acceptors (Lipinski definition) is 6. The molecular formula is C9H20O6S2. The van der Waals surface area contributed by atoms with E-state index in [1.807, 2.05) is 0 Å². The summed E-state index contributed by atoms with van der Waals surface area (Å²) in [4.78, 5) is 19.1. The Bertz CT molecular complexity index is 170. The molecule has 0 aromatic carbocycles. The Morgan fingerprint density at radius 2 is 1.29 bits per heavy atom. The summed E-state index contributed by atoms with van der Waals surface area (Å²) in [6.45, 7) is 1.39. The first-order valence-corrected chi connectivity index (χ1v) is 6.02. The molecule has 0 aliphatic heterocycles. The summed E-state index contributed by atoms with van der Waals surface area (Å²) in [5.41, 5.74) is 0. The van der Waals surface area contributed by atoms with Crippen LogP contribution in [0.4, 0.5) is 0 Å². The first-order chi connectivity index (χ1) is 7.81. The van der Waals surface area contributed by atoms with Gasteiger partial charge < -0.3 is 20.4 Å². The normalized spacial score (nSPS) is 10.2. The third-order valence-electron chi connectivity index (χ3n) is 0.916. The molecule has 0 saturated carbocycles. The van der Waals surface area contributed by atoms with Crippen molar-refractivity contribution in [2.45, 2.75) is 25.9 Å². The van der Waals surface area contributed by atoms with Crippen LogP contribution in [-0.2, 0) is 9.59 Å². The number of hydrogen-bond donors (Lipinski definition) is 6. The molecule has 4 N–H and O–H groups in total. The molecule has 104 valence electrons. The van der Waals surface area contributed by atoms with Crippen LogP contribution in [0.15, 0.2) is 0 Å². The number of rotatable bonds is 5. The average molecular weight is 288 g/mol. The highest BCUT2D eigenvalue weighted by molar-refractivity contribution is 7.80. The Morgan fingerprint density at radius 3 is 1.29 bits per heavy atom. The van der Waals surface area contributed by atoms with Crippen molar-refractivity contribution in [1.29, 1.82) is 0 Å². The fraction of sp³-hybridized carbons (Fsp3) is 0.778. The number of thiol groups is 2. The zero-order valence-corrected chi connectivity index (χ0v) is 11.4. The lowest BCUT2D eigenvalue weighted by Gasteiger charge is -1.90. The summed E-state index contributed by atoms with van der Waals surface area (Å²) in [6.07, 6.45) is -0.248. The second-order valence-electron chi connectivity index (χ2n) is 2.77. The van der Waals surface area contributed by atoms with Crippen molar-refractivity contribution in [3.8, 4) is 0 Å². The lowest BCUT2D eigenvalue weighted by atomic mass is 10.5. The van der Waals surface area contributed by atoms with E-state index < -0.39 is 18.0 Å². The van der Waals surface area contributed by atoms with Gasteiger partial charge in [-0.05, 0) is 6.92 Å². The third kappa shape index (κ3) is 50.1. The maximum absolute atomic E-state index is 9.55. The third-order valence-corrected chi connectivity index (χ3v) is 1.36. The highest BCUT2D eigenvalue weighted by atomic mass is 32.1. The quantitative estimate of drug-likeness (QED) is 0.401. The van der Waals surface area contributed by atoms with Crippen LogP contribution in [0.5, 0.6) is 0 Å². The molecule has 17 heavy (non-hydrogen) atoms. The Hall–Kier alpha value is -0.440. The summed E-state index contributed by atoms with van der Waals surface area (Å²) in [7, 11) is 0. The molecule has 1 atom stereocenters. The predicted molar refractivity (Wildman–Crippen MR) is 71.0 cm³/mol. The van der Waals surface area contributed by atoms with E-state index in [4.69, 9.17) is 20.4 Å². The number of carboxylic acids is 2. The number of aliphatic carboxylic acids is 2. The lowest BCUT2D eigenvalue weighted by molar-refractivity contribution is -0.137. The van der Waals surface area contributed by atoms with E-state index >= 15 is 0 Å². The summed E-state index contributed by atoms with van der Waals surface area (Å²) in [5, 5.41) is 31.7. The lowest BCUT2D eigenvalue weighted by Crippen LogP contribution is -2.03. The van der Waals surface area contributed by atoms with Crippen molar-refractivity contribution in [3.05, 3.63) is 0 Å². The summed E-state index contributed by atoms with van der Waals surface area (Å²) in [5.74, 6) is -0.722. The van der Waals surface area contributed by atoms with E-state index in [1.165, 1.54) is 6.92 Å². The van der Waals surface area contributed by atoms with Gasteiger partial charge in [-0.3, -0.25) is 9.59 Å². The number of aliphatic hydroxyl groups excluding tert-OH is 2. The van der Waals surface area contributed by atoms with Gasteiger partial charge in [0.2, 0.25) is 0 Å². The standard InChI is InChI=1S/2C3H6O2S.C3H8O2/c2*4-3(5)1-2-6;1-3(5)2-4/h2*6H,1-2H2,(H,4,5);3-5H,2H2,1H3. The second-order valence-corrected chi connectivity index (χ2v) is 3.66. The molecule has 0 heterocycles. The minimum absolute atomic E-state index is 0.139. The highest BCUT2D eigenvalue weighted by Gasteiger charge is 1.88. The van der Waals surface area contributed by atoms with Crippen molar-refractivity contribution >= 4 is 37.2 Å². The van der Waals surface area contributed by atoms with Crippen molar-refractivity contribution in [2.24, 2.45) is 0 Å². The van der Waals surface area contributed by atoms with E-state index in [2.05, 4.69) is 25.3 Å². The van der Waals surface area contributed by atoms with Crippen molar-refractivity contribution in [1.82, 2.24) is 0 Å². The fourth-order valence-corrected chi connectivity index (χ4v) is 0.574. The molecule has 0 aromatic rings. The monoisotopic (exact) mass is 288 g/mol. The minimum atomic E-state index is -0.787. The second kappa shape index (κ2) is 17.9. The van der Waals surface area contributed by atoms with Gasteiger partial charge in [0.1, 0.15) is 0 Å². The molecule has 6 nitrogen and oxygen atoms in total. The maximum Gasteiger partial charge on any atom is 0.304 e. The summed E-state index contributed by atoms with van der Waals surface area (Å²) in [6, 6.07) is 0. The molecule has 0 amide bonds. The Kier molecular flexibility index (Phi) is 23.0. The van der Waals surface area contributed by atoms with Crippen molar-refractivity contribution in [3.63, 3.8) is 0 Å². The van der Waals surface area contributed by atoms with Gasteiger partial charge in [-0.1, -0.05) is 0 Å². The molecule has 1 unspecified atom stereocenters. The fourth-order valence-electron chi connectivity index (χ4n) is 0.191. The maximum atomic E-state index is 9.55. The van der Waals surface area contributed by atoms with E-state index in [0.717, 1.165) is 0 Å². The predicted octanol–water partition coefficient (Wildman–Crippen LogP) is 0.141. The largest absolute Gasteiger partial charge is 0.481 e. The van der Waals surface area contributed by atoms with Crippen LogP contribution in [0.25, 0.3) is 0 Å². The van der Waals surface area contributed by atoms with Gasteiger partial charge in [0, 0.05) is 11.5 Å². The Morgan fingerprint density at radius 1 is 1.06 bits per heavy atom. The van der Waals surface area contributed by atoms with Crippen LogP contribution in [0.3, 0.4) is 0 Å². The van der Waals surface area contributed by atoms with Crippen LogP contribution >= 0.6 is 25.3 Å². The van der Waals surface area contributed by atoms with Gasteiger partial charge >= 0.3 is 11.9 Å². The van der Waals surface area contributed by atoms with Crippen molar-refractivity contribution in [2.75, 3.05) is 18.1 Å². The number of carboxylic acid groups (broad SMARTS) is 2. The Balaban J connectivity index is -0.000000174. The molecule has 0 bridgehead atoms. The van der Waals surface area contributed by atoms with Crippen LogP contribution < -0.4 is 0 Å². The first-order valence-electron chi connectivity index (χ1n) is 4.76. The molecule has 0 aromatic heterocycles. The van der Waals surface area contributed by atoms with Gasteiger partial charge in [0.15, 0.2) is 0 Å². The van der Waals surface area contributed by atoms with Gasteiger partial charge in [-0.15, -0.1) is 0 Å². The molecule has 0 radical (unpaired) electrons. The zero-order valence-electron chi connectivity index (χ0n) is 9.61. The molecule has 0 saturated heterocycles. The topological polar surface area (TPSA) is 115 Å². The molecule has 0 rings (SSSR count). The first kappa shape index (κ1) is 21.8. The van der Waals surface area contributed by atoms with Crippen LogP contribution in [0, 0.1) is 0 Å². The van der Waals surface area contributed by atoms with Crippen LogP contribution in [0.2, 0.25) is 0 Å². The molecule has 0 fully saturated rings. The summed E-state index contributed by atoms with van der Waals surface area (Å²) < 4.78 is 0. The average Bonchev–Trinajstić information content (AvgIpc) is 2.19. The zero-order chi connectivity index (χ0) is 14.3. The van der Waals surface area contributed by atoms with Gasteiger partial charge in [-0.25, -0.2) is 0 Å². The van der Waals surface area contributed by atoms with Gasteiger partial charge in [0.05, 0.1) is 25.6 Å². The highest BCUT2D eigenvalue weighted by Crippen LogP contribution is 1.80. The molecular weight excluding hydrogens is 268 g/mol. The van der Waals surface area contributed by atoms with E-state index in [1.54, 1.807) is 0 Å². The van der Waals surface area contributed by atoms with E-state index in [0.29, 0.717) is 11.5 Å². The number of carbonyl (C=O) groups is 2. The molecule has 0 aliphatic carbocycles. The molecule has 8 heteroatoms. The number of aliphatic hydroxyl groups is 2. The van der Waals surface area contributed by atoms with Crippen LogP contribution in [0.1, 0.15) is 19.8 Å². The molecule has 0 aliphatic rings. The van der Waals surface area contributed by atoms with Gasteiger partial charge in [0.25, 0.3) is 0 Å². The smallest absolute Gasteiger partial charge is 0.304 e. The van der Waals surface area contributed by atoms with E-state index in [-0.39, 0.29) is 19.4 Å².